The number of rotatable bonds is 5. The van der Waals surface area contributed by atoms with E-state index in [2.05, 4.69) is 40.6 Å². The van der Waals surface area contributed by atoms with Crippen molar-refractivity contribution in [3.63, 3.8) is 0 Å². The standard InChI is InChI=1S/C10H15NO4S.C5H9BrO2.C4H6N2O2S/c1-10(2,9(12)15-3)8-5-7(6-11-8)16(4,13)14;1-5(2,6)4(7)8-3;1-9(7,8)4-2-5-6-3-4/h5-6,8H,1-4H3;1-3H3;2-3H,1H3,(H,5,6). The van der Waals surface area contributed by atoms with Crippen LogP contribution in [0.25, 0.3) is 0 Å². The largest absolute Gasteiger partial charge is 0.469 e. The summed E-state index contributed by atoms with van der Waals surface area (Å²) >= 11 is 3.13. The fraction of sp³-hybridized carbons (Fsp3) is 0.579. The fourth-order valence-corrected chi connectivity index (χ4v) is 3.38. The van der Waals surface area contributed by atoms with Crippen LogP contribution in [-0.4, -0.2) is 82.3 Å². The van der Waals surface area contributed by atoms with Crippen LogP contribution < -0.4 is 0 Å². The molecule has 0 radical (unpaired) electrons. The van der Waals surface area contributed by atoms with Crippen molar-refractivity contribution >= 4 is 53.8 Å². The number of aromatic nitrogens is 2. The van der Waals surface area contributed by atoms with Gasteiger partial charge in [-0.3, -0.25) is 19.7 Å². The minimum absolute atomic E-state index is 0.148. The van der Waals surface area contributed by atoms with Gasteiger partial charge >= 0.3 is 11.9 Å². The number of hydrogen-bond acceptors (Lipinski definition) is 10. The Balaban J connectivity index is 0.000000511. The number of methoxy groups -OCH3 is 2. The van der Waals surface area contributed by atoms with Gasteiger partial charge in [-0.1, -0.05) is 15.9 Å². The molecule has 1 unspecified atom stereocenters. The van der Waals surface area contributed by atoms with Gasteiger partial charge in [-0.2, -0.15) is 5.10 Å². The van der Waals surface area contributed by atoms with Gasteiger partial charge in [0, 0.05) is 24.9 Å². The van der Waals surface area contributed by atoms with Crippen molar-refractivity contribution < 1.29 is 35.9 Å². The summed E-state index contributed by atoms with van der Waals surface area (Å²) in [6, 6.07) is -0.496. The smallest absolute Gasteiger partial charge is 0.322 e. The summed E-state index contributed by atoms with van der Waals surface area (Å²) in [4.78, 5) is 26.5. The molecule has 1 aromatic heterocycles. The first-order chi connectivity index (χ1) is 14.8. The van der Waals surface area contributed by atoms with Crippen molar-refractivity contribution in [1.29, 1.82) is 0 Å². The summed E-state index contributed by atoms with van der Waals surface area (Å²) in [5.41, 5.74) is -0.863. The predicted molar refractivity (Wildman–Crippen MR) is 128 cm³/mol. The molecule has 0 bridgehead atoms. The Bertz CT molecular complexity index is 1080. The van der Waals surface area contributed by atoms with Crippen LogP contribution in [0.2, 0.25) is 0 Å². The maximum atomic E-state index is 11.5. The number of aromatic amines is 1. The number of carbonyl (C=O) groups is 2. The van der Waals surface area contributed by atoms with E-state index in [1.807, 2.05) is 0 Å². The second-order valence-electron chi connectivity index (χ2n) is 7.95. The average molecular weight is 573 g/mol. The molecule has 0 saturated carbocycles. The molecule has 33 heavy (non-hydrogen) atoms. The van der Waals surface area contributed by atoms with Gasteiger partial charge in [0.05, 0.1) is 36.8 Å². The van der Waals surface area contributed by atoms with E-state index in [0.717, 1.165) is 12.5 Å². The first-order valence-corrected chi connectivity index (χ1v) is 13.9. The van der Waals surface area contributed by atoms with Gasteiger partial charge in [-0.25, -0.2) is 16.8 Å². The summed E-state index contributed by atoms with van der Waals surface area (Å²) in [5, 5.41) is 5.89. The van der Waals surface area contributed by atoms with E-state index >= 15 is 0 Å². The monoisotopic (exact) mass is 571 g/mol. The van der Waals surface area contributed by atoms with Crippen molar-refractivity contribution in [2.24, 2.45) is 10.4 Å². The molecule has 188 valence electrons. The molecular formula is C19H30BrN3O8S2. The van der Waals surface area contributed by atoms with Gasteiger partial charge < -0.3 is 9.47 Å². The molecule has 0 amide bonds. The lowest BCUT2D eigenvalue weighted by molar-refractivity contribution is -0.151. The Labute approximate surface area is 203 Å². The molecule has 14 heteroatoms. The summed E-state index contributed by atoms with van der Waals surface area (Å²) in [6.45, 7) is 6.81. The second kappa shape index (κ2) is 11.9. The third kappa shape index (κ3) is 10.2. The number of nitrogens with zero attached hydrogens (tertiary/aromatic N) is 2. The Kier molecular flexibility index (Phi) is 11.1. The average Bonchev–Trinajstić information content (AvgIpc) is 3.38. The second-order valence-corrected chi connectivity index (χ2v) is 14.0. The van der Waals surface area contributed by atoms with Gasteiger partial charge in [-0.05, 0) is 33.8 Å². The molecule has 11 nitrogen and oxygen atoms in total. The minimum Gasteiger partial charge on any atom is -0.469 e. The summed E-state index contributed by atoms with van der Waals surface area (Å²) in [6.07, 6.45) is 7.62. The number of carbonyl (C=O) groups excluding carboxylic acids is 2. The zero-order valence-electron chi connectivity index (χ0n) is 19.7. The summed E-state index contributed by atoms with van der Waals surface area (Å²) in [5.74, 6) is -0.668. The number of aliphatic imine (C=N–C) groups is 1. The van der Waals surface area contributed by atoms with Crippen molar-refractivity contribution in [3.8, 4) is 0 Å². The van der Waals surface area contributed by atoms with E-state index in [0.29, 0.717) is 0 Å². The lowest BCUT2D eigenvalue weighted by atomic mass is 9.85. The minimum atomic E-state index is -3.27. The Morgan fingerprint density at radius 3 is 1.76 bits per heavy atom. The van der Waals surface area contributed by atoms with Crippen LogP contribution >= 0.6 is 15.9 Å². The van der Waals surface area contributed by atoms with Crippen LogP contribution in [-0.2, 0) is 38.7 Å². The van der Waals surface area contributed by atoms with Crippen LogP contribution in [0.4, 0.5) is 0 Å². The van der Waals surface area contributed by atoms with Crippen LogP contribution in [0.5, 0.6) is 0 Å². The Hall–Kier alpha value is -2.06. The van der Waals surface area contributed by atoms with Gasteiger partial charge in [0.1, 0.15) is 9.22 Å². The molecule has 2 heterocycles. The molecular weight excluding hydrogens is 542 g/mol. The number of ether oxygens (including phenoxy) is 2. The molecule has 0 aliphatic carbocycles. The van der Waals surface area contributed by atoms with Crippen molar-refractivity contribution in [3.05, 3.63) is 23.4 Å². The number of sulfone groups is 2. The number of esters is 2. The molecule has 2 rings (SSSR count). The van der Waals surface area contributed by atoms with E-state index in [1.54, 1.807) is 27.7 Å². The summed E-state index contributed by atoms with van der Waals surface area (Å²) < 4.78 is 52.4. The van der Waals surface area contributed by atoms with Crippen LogP contribution in [0.1, 0.15) is 27.7 Å². The zero-order valence-corrected chi connectivity index (χ0v) is 23.0. The van der Waals surface area contributed by atoms with E-state index in [9.17, 15) is 26.4 Å². The SMILES string of the molecule is COC(=O)C(C)(C)Br.COC(=O)C(C)(C)C1C=C(S(C)(=O)=O)C=N1.CS(=O)(=O)c1cn[nH]c1. The maximum absolute atomic E-state index is 11.5. The molecule has 0 spiro atoms. The maximum Gasteiger partial charge on any atom is 0.322 e. The highest BCUT2D eigenvalue weighted by Crippen LogP contribution is 2.30. The first kappa shape index (κ1) is 30.9. The molecule has 1 N–H and O–H groups in total. The Morgan fingerprint density at radius 2 is 1.52 bits per heavy atom. The number of halogens is 1. The van der Waals surface area contributed by atoms with Gasteiger partial charge in [0.15, 0.2) is 19.7 Å². The third-order valence-corrected chi connectivity index (χ3v) is 6.64. The van der Waals surface area contributed by atoms with Crippen LogP contribution in [0.3, 0.4) is 0 Å². The number of H-pyrrole nitrogens is 1. The number of allylic oxidation sites excluding steroid dienone is 1. The normalized spacial score (nSPS) is 15.9. The first-order valence-electron chi connectivity index (χ1n) is 9.28. The van der Waals surface area contributed by atoms with E-state index in [-0.39, 0.29) is 15.8 Å². The predicted octanol–water partition coefficient (Wildman–Crippen LogP) is 1.71. The quantitative estimate of drug-likeness (QED) is 0.409. The van der Waals surface area contributed by atoms with Crippen LogP contribution in [0.15, 0.2) is 33.3 Å². The Morgan fingerprint density at radius 1 is 1.00 bits per heavy atom. The molecule has 0 aromatic carbocycles. The lowest BCUT2D eigenvalue weighted by Gasteiger charge is -2.24. The topological polar surface area (TPSA) is 162 Å². The number of hydrogen-bond donors (Lipinski definition) is 1. The molecule has 1 aliphatic heterocycles. The number of alkyl halides is 1. The highest BCUT2D eigenvalue weighted by atomic mass is 79.9. The molecule has 1 aromatic rings. The highest BCUT2D eigenvalue weighted by Gasteiger charge is 2.39. The molecule has 1 aliphatic rings. The van der Waals surface area contributed by atoms with Crippen LogP contribution in [0, 0.1) is 5.41 Å². The van der Waals surface area contributed by atoms with Gasteiger partial charge in [0.2, 0.25) is 0 Å². The van der Waals surface area contributed by atoms with Gasteiger partial charge in [0.25, 0.3) is 0 Å². The highest BCUT2D eigenvalue weighted by molar-refractivity contribution is 9.10. The van der Waals surface area contributed by atoms with E-state index in [1.165, 1.54) is 38.9 Å². The third-order valence-electron chi connectivity index (χ3n) is 4.14. The lowest BCUT2D eigenvalue weighted by Crippen LogP contribution is -2.35. The summed E-state index contributed by atoms with van der Waals surface area (Å²) in [7, 11) is -3.66. The van der Waals surface area contributed by atoms with Crippen molar-refractivity contribution in [2.45, 2.75) is 43.0 Å². The fourth-order valence-electron chi connectivity index (χ4n) is 2.08. The van der Waals surface area contributed by atoms with Crippen molar-refractivity contribution in [2.75, 3.05) is 26.7 Å². The number of nitrogens with one attached hydrogen (secondary N) is 1. The molecule has 0 fully saturated rings. The zero-order chi connectivity index (χ0) is 26.3. The van der Waals surface area contributed by atoms with Crippen molar-refractivity contribution in [1.82, 2.24) is 10.2 Å². The molecule has 0 saturated heterocycles. The van der Waals surface area contributed by atoms with E-state index in [4.69, 9.17) is 0 Å². The molecule has 1 atom stereocenters. The van der Waals surface area contributed by atoms with E-state index < -0.39 is 41.4 Å². The van der Waals surface area contributed by atoms with Gasteiger partial charge in [-0.15, -0.1) is 0 Å².